The molecule has 0 aliphatic carbocycles. The van der Waals surface area contributed by atoms with Crippen molar-refractivity contribution in [3.63, 3.8) is 0 Å². The van der Waals surface area contributed by atoms with Gasteiger partial charge in [0.15, 0.2) is 5.13 Å². The van der Waals surface area contributed by atoms with E-state index in [9.17, 15) is 10.1 Å². The second kappa shape index (κ2) is 11.0. The van der Waals surface area contributed by atoms with Gasteiger partial charge in [-0.15, -0.1) is 11.3 Å². The first-order valence-electron chi connectivity index (χ1n) is 11.2. The minimum Gasteiger partial charge on any atom is -0.301 e. The summed E-state index contributed by atoms with van der Waals surface area (Å²) >= 11 is 2.63. The summed E-state index contributed by atoms with van der Waals surface area (Å²) in [5.41, 5.74) is 5.70. The summed E-state index contributed by atoms with van der Waals surface area (Å²) in [6, 6.07) is 33.7. The summed E-state index contributed by atoms with van der Waals surface area (Å²) < 4.78 is 0. The van der Waals surface area contributed by atoms with Gasteiger partial charge in [-0.3, -0.25) is 4.79 Å². The number of nitrogens with one attached hydrogen (secondary N) is 1. The predicted molar refractivity (Wildman–Crippen MR) is 147 cm³/mol. The molecule has 0 unspecified atom stereocenters. The molecular formula is C29H20N4OS2. The largest absolute Gasteiger partial charge is 0.301 e. The number of thiazole rings is 1. The van der Waals surface area contributed by atoms with Crippen molar-refractivity contribution in [1.82, 2.24) is 9.97 Å². The Bertz CT molecular complexity index is 1530. The van der Waals surface area contributed by atoms with Gasteiger partial charge in [-0.1, -0.05) is 103 Å². The van der Waals surface area contributed by atoms with E-state index in [-0.39, 0.29) is 11.7 Å². The lowest BCUT2D eigenvalue weighted by Crippen LogP contribution is -2.14. The zero-order chi connectivity index (χ0) is 24.7. The molecule has 2 aromatic heterocycles. The van der Waals surface area contributed by atoms with E-state index in [2.05, 4.69) is 16.4 Å². The standard InChI is InChI=1S/C29H20N4OS2/c30-17-24-23(20-10-4-1-5-11-20)16-25(21-12-6-2-7-13-21)31-28(24)35-19-27(34)33-29-32-26(18-36-29)22-14-8-3-9-15-22/h1-16,18H,19H2,(H,32,33,34). The Kier molecular flexibility index (Phi) is 7.17. The number of amides is 1. The quantitative estimate of drug-likeness (QED) is 0.238. The molecule has 1 N–H and O–H groups in total. The molecule has 0 fully saturated rings. The third kappa shape index (κ3) is 5.36. The second-order valence-corrected chi connectivity index (χ2v) is 9.64. The zero-order valence-electron chi connectivity index (χ0n) is 19.1. The van der Waals surface area contributed by atoms with Gasteiger partial charge in [-0.05, 0) is 11.6 Å². The van der Waals surface area contributed by atoms with Gasteiger partial charge >= 0.3 is 0 Å². The van der Waals surface area contributed by atoms with Crippen LogP contribution in [-0.2, 0) is 4.79 Å². The van der Waals surface area contributed by atoms with E-state index in [1.807, 2.05) is 102 Å². The molecule has 0 aliphatic rings. The summed E-state index contributed by atoms with van der Waals surface area (Å²) in [4.78, 5) is 22.1. The maximum absolute atomic E-state index is 12.8. The normalized spacial score (nSPS) is 10.5. The Labute approximate surface area is 217 Å². The van der Waals surface area contributed by atoms with Crippen molar-refractivity contribution in [3.8, 4) is 39.7 Å². The summed E-state index contributed by atoms with van der Waals surface area (Å²) in [7, 11) is 0. The monoisotopic (exact) mass is 504 g/mol. The fraction of sp³-hybridized carbons (Fsp3) is 0.0345. The van der Waals surface area contributed by atoms with Crippen molar-refractivity contribution in [2.24, 2.45) is 0 Å². The molecule has 3 aromatic carbocycles. The van der Waals surface area contributed by atoms with Crippen LogP contribution in [0, 0.1) is 11.3 Å². The molecule has 0 saturated carbocycles. The van der Waals surface area contributed by atoms with Gasteiger partial charge in [0.05, 0.1) is 22.7 Å². The predicted octanol–water partition coefficient (Wildman–Crippen LogP) is 7.14. The summed E-state index contributed by atoms with van der Waals surface area (Å²) in [6.07, 6.45) is 0. The molecule has 0 radical (unpaired) electrons. The summed E-state index contributed by atoms with van der Waals surface area (Å²) in [5.74, 6) is -0.0972. The molecule has 0 spiro atoms. The van der Waals surface area contributed by atoms with Crippen molar-refractivity contribution in [2.45, 2.75) is 5.03 Å². The Morgan fingerprint density at radius 2 is 1.42 bits per heavy atom. The number of pyridine rings is 1. The van der Waals surface area contributed by atoms with Gasteiger partial charge in [0, 0.05) is 22.1 Å². The number of carbonyl (C=O) groups excluding carboxylic acids is 1. The number of carbonyl (C=O) groups is 1. The van der Waals surface area contributed by atoms with Gasteiger partial charge in [-0.25, -0.2) is 9.97 Å². The first kappa shape index (κ1) is 23.5. The first-order valence-corrected chi connectivity index (χ1v) is 13.1. The van der Waals surface area contributed by atoms with Crippen molar-refractivity contribution in [2.75, 3.05) is 11.1 Å². The van der Waals surface area contributed by atoms with Crippen LogP contribution < -0.4 is 5.32 Å². The van der Waals surface area contributed by atoms with Gasteiger partial charge in [0.2, 0.25) is 5.91 Å². The van der Waals surface area contributed by atoms with Crippen LogP contribution >= 0.6 is 23.1 Å². The van der Waals surface area contributed by atoms with Crippen molar-refractivity contribution in [1.29, 1.82) is 5.26 Å². The smallest absolute Gasteiger partial charge is 0.236 e. The molecule has 0 aliphatic heterocycles. The van der Waals surface area contributed by atoms with E-state index in [1.54, 1.807) is 0 Å². The number of nitriles is 1. The topological polar surface area (TPSA) is 78.7 Å². The van der Waals surface area contributed by atoms with E-state index in [0.717, 1.165) is 33.6 Å². The molecule has 0 saturated heterocycles. The number of nitrogens with zero attached hydrogens (tertiary/aromatic N) is 3. The number of anilines is 1. The van der Waals surface area contributed by atoms with Crippen molar-refractivity contribution in [3.05, 3.63) is 108 Å². The van der Waals surface area contributed by atoms with Gasteiger partial charge in [-0.2, -0.15) is 5.26 Å². The molecule has 5 rings (SSSR count). The highest BCUT2D eigenvalue weighted by Gasteiger charge is 2.17. The summed E-state index contributed by atoms with van der Waals surface area (Å²) in [5, 5.41) is 15.9. The number of hydrogen-bond acceptors (Lipinski definition) is 6. The Balaban J connectivity index is 1.39. The van der Waals surface area contributed by atoms with E-state index in [0.29, 0.717) is 15.7 Å². The molecule has 1 amide bonds. The SMILES string of the molecule is N#Cc1c(-c2ccccc2)cc(-c2ccccc2)nc1SCC(=O)Nc1nc(-c2ccccc2)cs1. The summed E-state index contributed by atoms with van der Waals surface area (Å²) in [6.45, 7) is 0. The van der Waals surface area contributed by atoms with Crippen LogP contribution in [-0.4, -0.2) is 21.6 Å². The number of rotatable bonds is 7. The minimum atomic E-state index is -0.203. The third-order valence-corrected chi connectivity index (χ3v) is 7.15. The van der Waals surface area contributed by atoms with Crippen LogP contribution in [0.25, 0.3) is 33.6 Å². The van der Waals surface area contributed by atoms with E-state index < -0.39 is 0 Å². The highest BCUT2D eigenvalue weighted by Crippen LogP contribution is 2.34. The first-order chi connectivity index (χ1) is 17.7. The van der Waals surface area contributed by atoms with Crippen LogP contribution in [0.15, 0.2) is 107 Å². The number of hydrogen-bond donors (Lipinski definition) is 1. The Morgan fingerprint density at radius 3 is 2.03 bits per heavy atom. The molecule has 174 valence electrons. The molecule has 0 bridgehead atoms. The Morgan fingerprint density at radius 1 is 0.833 bits per heavy atom. The van der Waals surface area contributed by atoms with E-state index >= 15 is 0 Å². The molecule has 5 aromatic rings. The molecule has 0 atom stereocenters. The van der Waals surface area contributed by atoms with Gasteiger partial charge in [0.25, 0.3) is 0 Å². The van der Waals surface area contributed by atoms with Gasteiger partial charge in [0.1, 0.15) is 11.1 Å². The number of aromatic nitrogens is 2. The fourth-order valence-corrected chi connectivity index (χ4v) is 5.24. The maximum atomic E-state index is 12.8. The molecule has 2 heterocycles. The average molecular weight is 505 g/mol. The lowest BCUT2D eigenvalue weighted by molar-refractivity contribution is -0.113. The third-order valence-electron chi connectivity index (χ3n) is 5.41. The highest BCUT2D eigenvalue weighted by atomic mass is 32.2. The second-order valence-electron chi connectivity index (χ2n) is 7.82. The fourth-order valence-electron chi connectivity index (χ4n) is 3.70. The molecule has 5 nitrogen and oxygen atoms in total. The molecule has 7 heteroatoms. The molecular weight excluding hydrogens is 484 g/mol. The average Bonchev–Trinajstić information content (AvgIpc) is 3.41. The zero-order valence-corrected chi connectivity index (χ0v) is 20.7. The van der Waals surface area contributed by atoms with Crippen molar-refractivity contribution >= 4 is 34.1 Å². The minimum absolute atomic E-state index is 0.106. The molecule has 36 heavy (non-hydrogen) atoms. The van der Waals surface area contributed by atoms with Crippen LogP contribution in [0.5, 0.6) is 0 Å². The van der Waals surface area contributed by atoms with Gasteiger partial charge < -0.3 is 5.32 Å². The Hall–Kier alpha value is -4.25. The van der Waals surface area contributed by atoms with E-state index in [1.165, 1.54) is 23.1 Å². The highest BCUT2D eigenvalue weighted by molar-refractivity contribution is 8.00. The lowest BCUT2D eigenvalue weighted by Gasteiger charge is -2.12. The maximum Gasteiger partial charge on any atom is 0.236 e. The van der Waals surface area contributed by atoms with Crippen LogP contribution in [0.2, 0.25) is 0 Å². The van der Waals surface area contributed by atoms with Crippen LogP contribution in [0.3, 0.4) is 0 Å². The van der Waals surface area contributed by atoms with E-state index in [4.69, 9.17) is 4.98 Å². The van der Waals surface area contributed by atoms with Crippen LogP contribution in [0.4, 0.5) is 5.13 Å². The number of thioether (sulfide) groups is 1. The lowest BCUT2D eigenvalue weighted by atomic mass is 9.99. The van der Waals surface area contributed by atoms with Crippen LogP contribution in [0.1, 0.15) is 5.56 Å². The number of benzene rings is 3. The van der Waals surface area contributed by atoms with Crippen molar-refractivity contribution < 1.29 is 4.79 Å².